The molecule has 18 heavy (non-hydrogen) atoms. The summed E-state index contributed by atoms with van der Waals surface area (Å²) in [6, 6.07) is 17.5. The second-order valence-corrected chi connectivity index (χ2v) is 5.16. The minimum atomic E-state index is 0.383. The number of fused-ring (bicyclic) bond motifs is 2. The van der Waals surface area contributed by atoms with E-state index in [1.54, 1.807) is 0 Å². The van der Waals surface area contributed by atoms with Crippen LogP contribution in [0.15, 0.2) is 48.5 Å². The smallest absolute Gasteiger partial charge is 0.0872 e. The quantitative estimate of drug-likeness (QED) is 0.819. The lowest BCUT2D eigenvalue weighted by atomic mass is 10.1. The van der Waals surface area contributed by atoms with Gasteiger partial charge in [-0.1, -0.05) is 48.5 Å². The predicted octanol–water partition coefficient (Wildman–Crippen LogP) is 2.80. The molecule has 2 nitrogen and oxygen atoms in total. The molecule has 90 valence electrons. The second kappa shape index (κ2) is 3.94. The van der Waals surface area contributed by atoms with Crippen molar-refractivity contribution in [2.75, 3.05) is 0 Å². The predicted molar refractivity (Wildman–Crippen MR) is 71.7 cm³/mol. The lowest BCUT2D eigenvalue weighted by Crippen LogP contribution is -2.30. The maximum Gasteiger partial charge on any atom is 0.0872 e. The molecule has 0 amide bonds. The summed E-state index contributed by atoms with van der Waals surface area (Å²) < 4.78 is 0. The average Bonchev–Trinajstić information content (AvgIpc) is 3.02. The lowest BCUT2D eigenvalue weighted by molar-refractivity contribution is 0.177. The normalized spacial score (nSPS) is 21.9. The Balaban J connectivity index is 1.65. The Kier molecular flexibility index (Phi) is 2.25. The highest BCUT2D eigenvalue weighted by atomic mass is 15.3. The molecule has 2 heterocycles. The van der Waals surface area contributed by atoms with Crippen LogP contribution in [0.2, 0.25) is 0 Å². The van der Waals surface area contributed by atoms with Crippen molar-refractivity contribution in [1.29, 1.82) is 0 Å². The summed E-state index contributed by atoms with van der Waals surface area (Å²) in [6.07, 6.45) is 0.383. The van der Waals surface area contributed by atoms with Crippen LogP contribution in [-0.2, 0) is 19.6 Å². The molecule has 2 heteroatoms. The van der Waals surface area contributed by atoms with E-state index in [-0.39, 0.29) is 0 Å². The summed E-state index contributed by atoms with van der Waals surface area (Å²) in [5.41, 5.74) is 5.84. The van der Waals surface area contributed by atoms with Gasteiger partial charge in [-0.05, 0) is 22.3 Å². The molecule has 2 aliphatic heterocycles. The topological polar surface area (TPSA) is 15.3 Å². The molecular weight excluding hydrogens is 220 g/mol. The van der Waals surface area contributed by atoms with Gasteiger partial charge in [0, 0.05) is 19.6 Å². The van der Waals surface area contributed by atoms with Gasteiger partial charge >= 0.3 is 0 Å². The molecule has 4 rings (SSSR count). The van der Waals surface area contributed by atoms with Crippen molar-refractivity contribution in [3.8, 4) is 0 Å². The minimum Gasteiger partial charge on any atom is -0.294 e. The molecule has 2 aromatic rings. The Morgan fingerprint density at radius 1 is 0.833 bits per heavy atom. The molecule has 1 unspecified atom stereocenters. The minimum absolute atomic E-state index is 0.383. The van der Waals surface area contributed by atoms with Gasteiger partial charge in [0.15, 0.2) is 0 Å². The fourth-order valence-electron chi connectivity index (χ4n) is 3.15. The number of nitrogens with zero attached hydrogens (tertiary/aromatic N) is 1. The van der Waals surface area contributed by atoms with E-state index in [0.29, 0.717) is 6.17 Å². The van der Waals surface area contributed by atoms with Crippen LogP contribution in [0.25, 0.3) is 0 Å². The first-order valence-electron chi connectivity index (χ1n) is 6.54. The number of hydrogen-bond acceptors (Lipinski definition) is 2. The zero-order chi connectivity index (χ0) is 11.9. The van der Waals surface area contributed by atoms with Crippen LogP contribution < -0.4 is 5.32 Å². The van der Waals surface area contributed by atoms with Crippen molar-refractivity contribution in [2.45, 2.75) is 25.8 Å². The van der Waals surface area contributed by atoms with E-state index in [0.717, 1.165) is 19.6 Å². The van der Waals surface area contributed by atoms with Gasteiger partial charge in [0.1, 0.15) is 0 Å². The summed E-state index contributed by atoms with van der Waals surface area (Å²) in [5, 5.41) is 3.62. The highest BCUT2D eigenvalue weighted by Crippen LogP contribution is 2.34. The number of rotatable bonds is 1. The largest absolute Gasteiger partial charge is 0.294 e. The van der Waals surface area contributed by atoms with Crippen molar-refractivity contribution >= 4 is 0 Å². The third-order valence-electron chi connectivity index (χ3n) is 4.07. The van der Waals surface area contributed by atoms with Crippen molar-refractivity contribution in [3.63, 3.8) is 0 Å². The van der Waals surface area contributed by atoms with Crippen LogP contribution >= 0.6 is 0 Å². The Morgan fingerprint density at radius 2 is 1.44 bits per heavy atom. The molecule has 1 atom stereocenters. The number of hydrogen-bond donors (Lipinski definition) is 1. The fraction of sp³-hybridized carbons (Fsp3) is 0.250. The monoisotopic (exact) mass is 236 g/mol. The summed E-state index contributed by atoms with van der Waals surface area (Å²) in [7, 11) is 0. The molecule has 2 aliphatic rings. The van der Waals surface area contributed by atoms with Gasteiger partial charge in [-0.15, -0.1) is 0 Å². The maximum absolute atomic E-state index is 3.62. The molecule has 0 radical (unpaired) electrons. The van der Waals surface area contributed by atoms with Crippen LogP contribution in [-0.4, -0.2) is 4.90 Å². The molecule has 0 aliphatic carbocycles. The molecule has 0 fully saturated rings. The molecular formula is C16H16N2. The number of nitrogens with one attached hydrogen (secondary N) is 1. The molecule has 1 N–H and O–H groups in total. The van der Waals surface area contributed by atoms with Crippen LogP contribution in [0.5, 0.6) is 0 Å². The number of benzene rings is 2. The SMILES string of the molecule is c1ccc2c(c1)CN(C1NCc3ccccc31)C2. The Morgan fingerprint density at radius 3 is 2.17 bits per heavy atom. The van der Waals surface area contributed by atoms with Gasteiger partial charge in [-0.2, -0.15) is 0 Å². The molecule has 0 saturated heterocycles. The van der Waals surface area contributed by atoms with Gasteiger partial charge < -0.3 is 0 Å². The van der Waals surface area contributed by atoms with E-state index >= 15 is 0 Å². The Hall–Kier alpha value is -1.64. The highest BCUT2D eigenvalue weighted by Gasteiger charge is 2.30. The molecule has 0 bridgehead atoms. The van der Waals surface area contributed by atoms with Crippen molar-refractivity contribution in [1.82, 2.24) is 10.2 Å². The zero-order valence-electron chi connectivity index (χ0n) is 10.3. The first kappa shape index (κ1) is 10.3. The Labute approximate surface area is 107 Å². The molecule has 0 spiro atoms. The van der Waals surface area contributed by atoms with Gasteiger partial charge in [-0.3, -0.25) is 10.2 Å². The van der Waals surface area contributed by atoms with Crippen molar-refractivity contribution < 1.29 is 0 Å². The van der Waals surface area contributed by atoms with Crippen molar-refractivity contribution in [2.24, 2.45) is 0 Å². The average molecular weight is 236 g/mol. The van der Waals surface area contributed by atoms with E-state index < -0.39 is 0 Å². The second-order valence-electron chi connectivity index (χ2n) is 5.16. The van der Waals surface area contributed by atoms with Gasteiger partial charge in [0.05, 0.1) is 6.17 Å². The van der Waals surface area contributed by atoms with Crippen LogP contribution in [0, 0.1) is 0 Å². The van der Waals surface area contributed by atoms with Crippen LogP contribution in [0.4, 0.5) is 0 Å². The third-order valence-corrected chi connectivity index (χ3v) is 4.07. The highest BCUT2D eigenvalue weighted by molar-refractivity contribution is 5.36. The summed E-state index contributed by atoms with van der Waals surface area (Å²) in [6.45, 7) is 3.11. The van der Waals surface area contributed by atoms with Gasteiger partial charge in [0.2, 0.25) is 0 Å². The zero-order valence-corrected chi connectivity index (χ0v) is 10.3. The Bertz CT molecular complexity index is 566. The van der Waals surface area contributed by atoms with E-state index in [2.05, 4.69) is 58.7 Å². The fourth-order valence-corrected chi connectivity index (χ4v) is 3.15. The summed E-state index contributed by atoms with van der Waals surface area (Å²) in [4.78, 5) is 2.52. The van der Waals surface area contributed by atoms with E-state index in [9.17, 15) is 0 Å². The lowest BCUT2D eigenvalue weighted by Gasteiger charge is -2.24. The summed E-state index contributed by atoms with van der Waals surface area (Å²) >= 11 is 0. The van der Waals surface area contributed by atoms with Gasteiger partial charge in [-0.25, -0.2) is 0 Å². The molecule has 0 saturated carbocycles. The first-order chi connectivity index (χ1) is 8.92. The van der Waals surface area contributed by atoms with E-state index in [4.69, 9.17) is 0 Å². The van der Waals surface area contributed by atoms with E-state index in [1.807, 2.05) is 0 Å². The van der Waals surface area contributed by atoms with Gasteiger partial charge in [0.25, 0.3) is 0 Å². The van der Waals surface area contributed by atoms with Crippen LogP contribution in [0.3, 0.4) is 0 Å². The first-order valence-corrected chi connectivity index (χ1v) is 6.54. The third kappa shape index (κ3) is 1.50. The maximum atomic E-state index is 3.62. The van der Waals surface area contributed by atoms with Crippen molar-refractivity contribution in [3.05, 3.63) is 70.8 Å². The molecule has 0 aromatic heterocycles. The standard InChI is InChI=1S/C16H16N2/c1-2-7-14-11-18(10-13(14)6-1)16-15-8-4-3-5-12(15)9-17-16/h1-8,16-17H,9-11H2. The van der Waals surface area contributed by atoms with E-state index in [1.165, 1.54) is 22.3 Å². The molecule has 2 aromatic carbocycles. The summed E-state index contributed by atoms with van der Waals surface area (Å²) in [5.74, 6) is 0. The van der Waals surface area contributed by atoms with Crippen LogP contribution in [0.1, 0.15) is 28.4 Å².